The average Bonchev–Trinajstić information content (AvgIpc) is 2.58. The Bertz CT molecular complexity index is 708. The van der Waals surface area contributed by atoms with Gasteiger partial charge in [0.2, 0.25) is 5.91 Å². The van der Waals surface area contributed by atoms with Crippen molar-refractivity contribution >= 4 is 43.7 Å². The molecule has 0 aliphatic rings. The van der Waals surface area contributed by atoms with Gasteiger partial charge in [-0.3, -0.25) is 20.4 Å². The molecule has 2 aromatic carbocycles. The highest BCUT2D eigenvalue weighted by Crippen LogP contribution is 2.27. The van der Waals surface area contributed by atoms with Crippen molar-refractivity contribution < 1.29 is 14.3 Å². The van der Waals surface area contributed by atoms with Gasteiger partial charge in [-0.05, 0) is 46.1 Å². The summed E-state index contributed by atoms with van der Waals surface area (Å²) < 4.78 is 7.02. The third-order valence-electron chi connectivity index (χ3n) is 3.08. The van der Waals surface area contributed by atoms with E-state index in [0.717, 1.165) is 14.5 Å². The monoisotopic (exact) mass is 454 g/mol. The molecule has 126 valence electrons. The van der Waals surface area contributed by atoms with Crippen molar-refractivity contribution in [2.24, 2.45) is 0 Å². The number of aryl methyl sites for hydroxylation is 1. The largest absolute Gasteiger partial charge is 0.483 e. The molecular weight excluding hydrogens is 440 g/mol. The Labute approximate surface area is 157 Å². The Balaban J connectivity index is 1.68. The standard InChI is InChI=1S/C17H16Br2N2O3/c18-13-7-8-15(14(19)10-13)24-11-17(23)21-20-16(22)9-6-12-4-2-1-3-5-12/h1-5,7-8,10H,6,9,11H2,(H,20,22)(H,21,23). The number of carbonyl (C=O) groups is 2. The predicted octanol–water partition coefficient (Wildman–Crippen LogP) is 3.37. The van der Waals surface area contributed by atoms with Crippen LogP contribution in [0.5, 0.6) is 5.75 Å². The molecule has 0 heterocycles. The van der Waals surface area contributed by atoms with Gasteiger partial charge in [-0.25, -0.2) is 0 Å². The molecule has 2 rings (SSSR count). The predicted molar refractivity (Wildman–Crippen MR) is 98.4 cm³/mol. The minimum atomic E-state index is -0.433. The zero-order valence-electron chi connectivity index (χ0n) is 12.7. The first kappa shape index (κ1) is 18.5. The summed E-state index contributed by atoms with van der Waals surface area (Å²) >= 11 is 6.68. The summed E-state index contributed by atoms with van der Waals surface area (Å²) in [4.78, 5) is 23.4. The maximum absolute atomic E-state index is 11.7. The van der Waals surface area contributed by atoms with E-state index >= 15 is 0 Å². The molecule has 0 saturated carbocycles. The number of ether oxygens (including phenoxy) is 1. The third kappa shape index (κ3) is 6.33. The molecule has 0 radical (unpaired) electrons. The van der Waals surface area contributed by atoms with Crippen LogP contribution in [0.25, 0.3) is 0 Å². The molecule has 5 nitrogen and oxygen atoms in total. The Kier molecular flexibility index (Phi) is 7.27. The summed E-state index contributed by atoms with van der Waals surface area (Å²) in [6.45, 7) is -0.195. The maximum Gasteiger partial charge on any atom is 0.276 e. The molecule has 0 aromatic heterocycles. The lowest BCUT2D eigenvalue weighted by Crippen LogP contribution is -2.43. The molecule has 0 bridgehead atoms. The van der Waals surface area contributed by atoms with Crippen molar-refractivity contribution in [2.45, 2.75) is 12.8 Å². The fourth-order valence-electron chi connectivity index (χ4n) is 1.88. The van der Waals surface area contributed by atoms with Crippen LogP contribution < -0.4 is 15.6 Å². The van der Waals surface area contributed by atoms with E-state index in [4.69, 9.17) is 4.74 Å². The third-order valence-corrected chi connectivity index (χ3v) is 4.19. The van der Waals surface area contributed by atoms with Crippen LogP contribution in [0.15, 0.2) is 57.5 Å². The summed E-state index contributed by atoms with van der Waals surface area (Å²) in [5.41, 5.74) is 5.78. The highest BCUT2D eigenvalue weighted by atomic mass is 79.9. The molecule has 2 aromatic rings. The number of hydrazine groups is 1. The van der Waals surface area contributed by atoms with Crippen molar-refractivity contribution in [2.75, 3.05) is 6.61 Å². The Morgan fingerprint density at radius 2 is 1.67 bits per heavy atom. The van der Waals surface area contributed by atoms with E-state index in [-0.39, 0.29) is 12.5 Å². The lowest BCUT2D eigenvalue weighted by molar-refractivity contribution is -0.130. The van der Waals surface area contributed by atoms with Crippen molar-refractivity contribution in [3.8, 4) is 5.75 Å². The van der Waals surface area contributed by atoms with Gasteiger partial charge in [0.1, 0.15) is 5.75 Å². The topological polar surface area (TPSA) is 67.4 Å². The van der Waals surface area contributed by atoms with Gasteiger partial charge in [-0.1, -0.05) is 46.3 Å². The van der Waals surface area contributed by atoms with Crippen molar-refractivity contribution in [1.29, 1.82) is 0 Å². The fourth-order valence-corrected chi connectivity index (χ4v) is 3.04. The van der Waals surface area contributed by atoms with Crippen LogP contribution in [-0.4, -0.2) is 18.4 Å². The highest BCUT2D eigenvalue weighted by Gasteiger charge is 2.08. The Hall–Kier alpha value is -1.86. The van der Waals surface area contributed by atoms with Gasteiger partial charge < -0.3 is 4.74 Å². The van der Waals surface area contributed by atoms with Crippen LogP contribution in [0.4, 0.5) is 0 Å². The van der Waals surface area contributed by atoms with Crippen LogP contribution in [0.1, 0.15) is 12.0 Å². The minimum Gasteiger partial charge on any atom is -0.483 e. The van der Waals surface area contributed by atoms with E-state index in [1.807, 2.05) is 42.5 Å². The summed E-state index contributed by atoms with van der Waals surface area (Å²) in [5, 5.41) is 0. The van der Waals surface area contributed by atoms with E-state index < -0.39 is 5.91 Å². The van der Waals surface area contributed by atoms with E-state index in [2.05, 4.69) is 42.7 Å². The normalized spacial score (nSPS) is 10.1. The number of nitrogens with one attached hydrogen (secondary N) is 2. The highest BCUT2D eigenvalue weighted by molar-refractivity contribution is 9.11. The number of halogens is 2. The zero-order chi connectivity index (χ0) is 17.4. The van der Waals surface area contributed by atoms with Gasteiger partial charge in [0.25, 0.3) is 5.91 Å². The van der Waals surface area contributed by atoms with Gasteiger partial charge in [-0.15, -0.1) is 0 Å². The molecule has 0 aliphatic carbocycles. The molecule has 7 heteroatoms. The number of rotatable bonds is 6. The van der Waals surface area contributed by atoms with Crippen molar-refractivity contribution in [3.63, 3.8) is 0 Å². The molecule has 0 fully saturated rings. The van der Waals surface area contributed by atoms with Crippen LogP contribution in [-0.2, 0) is 16.0 Å². The van der Waals surface area contributed by atoms with Gasteiger partial charge in [-0.2, -0.15) is 0 Å². The first-order chi connectivity index (χ1) is 11.5. The van der Waals surface area contributed by atoms with Gasteiger partial charge in [0.05, 0.1) is 4.47 Å². The molecule has 0 unspecified atom stereocenters. The lowest BCUT2D eigenvalue weighted by atomic mass is 10.1. The average molecular weight is 456 g/mol. The fraction of sp³-hybridized carbons (Fsp3) is 0.176. The molecule has 0 saturated heterocycles. The number of hydrogen-bond donors (Lipinski definition) is 2. The van der Waals surface area contributed by atoms with Gasteiger partial charge in [0.15, 0.2) is 6.61 Å². The molecule has 24 heavy (non-hydrogen) atoms. The molecule has 2 N–H and O–H groups in total. The second kappa shape index (κ2) is 9.44. The van der Waals surface area contributed by atoms with E-state index in [1.165, 1.54) is 0 Å². The quantitative estimate of drug-likeness (QED) is 0.656. The van der Waals surface area contributed by atoms with Crippen LogP contribution in [0.3, 0.4) is 0 Å². The van der Waals surface area contributed by atoms with Crippen LogP contribution in [0, 0.1) is 0 Å². The summed E-state index contributed by atoms with van der Waals surface area (Å²) in [6, 6.07) is 15.0. The van der Waals surface area contributed by atoms with Crippen molar-refractivity contribution in [3.05, 3.63) is 63.0 Å². The van der Waals surface area contributed by atoms with E-state index in [1.54, 1.807) is 6.07 Å². The second-order valence-corrected chi connectivity index (χ2v) is 6.72. The molecule has 0 atom stereocenters. The summed E-state index contributed by atoms with van der Waals surface area (Å²) in [5.74, 6) is -0.140. The Morgan fingerprint density at radius 3 is 2.38 bits per heavy atom. The summed E-state index contributed by atoms with van der Waals surface area (Å²) in [7, 11) is 0. The van der Waals surface area contributed by atoms with E-state index in [0.29, 0.717) is 18.6 Å². The van der Waals surface area contributed by atoms with Crippen molar-refractivity contribution in [1.82, 2.24) is 10.9 Å². The number of benzene rings is 2. The smallest absolute Gasteiger partial charge is 0.276 e. The second-order valence-electron chi connectivity index (χ2n) is 4.95. The molecule has 2 amide bonds. The maximum atomic E-state index is 11.7. The zero-order valence-corrected chi connectivity index (χ0v) is 15.9. The SMILES string of the molecule is O=C(CCc1ccccc1)NNC(=O)COc1ccc(Br)cc1Br. The van der Waals surface area contributed by atoms with Crippen LogP contribution in [0.2, 0.25) is 0 Å². The number of amides is 2. The Morgan fingerprint density at radius 1 is 0.958 bits per heavy atom. The lowest BCUT2D eigenvalue weighted by Gasteiger charge is -2.10. The molecule has 0 spiro atoms. The van der Waals surface area contributed by atoms with Gasteiger partial charge >= 0.3 is 0 Å². The number of carbonyl (C=O) groups excluding carboxylic acids is 2. The minimum absolute atomic E-state index is 0.195. The molecular formula is C17H16Br2N2O3. The van der Waals surface area contributed by atoms with Gasteiger partial charge in [0, 0.05) is 10.9 Å². The van der Waals surface area contributed by atoms with Crippen LogP contribution >= 0.6 is 31.9 Å². The van der Waals surface area contributed by atoms with E-state index in [9.17, 15) is 9.59 Å². The first-order valence-electron chi connectivity index (χ1n) is 7.24. The summed E-state index contributed by atoms with van der Waals surface area (Å²) in [6.07, 6.45) is 0.911. The number of hydrogen-bond acceptors (Lipinski definition) is 3. The first-order valence-corrected chi connectivity index (χ1v) is 8.82. The molecule has 0 aliphatic heterocycles.